The second kappa shape index (κ2) is 11.9. The highest BCUT2D eigenvalue weighted by Gasteiger charge is 2.40. The van der Waals surface area contributed by atoms with Crippen molar-refractivity contribution in [3.05, 3.63) is 59.3 Å². The Kier molecular flexibility index (Phi) is 8.55. The first-order chi connectivity index (χ1) is 20.6. The molecule has 16 heteroatoms. The number of amides is 2. The van der Waals surface area contributed by atoms with Gasteiger partial charge in [0.15, 0.2) is 5.65 Å². The number of carbonyl (C=O) groups is 2. The van der Waals surface area contributed by atoms with Crippen molar-refractivity contribution in [1.29, 1.82) is 0 Å². The van der Waals surface area contributed by atoms with Gasteiger partial charge >= 0.3 is 12.4 Å². The van der Waals surface area contributed by atoms with Gasteiger partial charge in [-0.3, -0.25) is 14.6 Å². The third-order valence-electron chi connectivity index (χ3n) is 7.92. The molecule has 0 aromatic carbocycles. The fourth-order valence-corrected chi connectivity index (χ4v) is 5.41. The Bertz CT molecular complexity index is 1510. The van der Waals surface area contributed by atoms with Gasteiger partial charge in [0.05, 0.1) is 36.6 Å². The summed E-state index contributed by atoms with van der Waals surface area (Å²) in [6.45, 7) is 0. The Morgan fingerprint density at radius 1 is 0.977 bits per heavy atom. The number of rotatable bonds is 9. The predicted octanol–water partition coefficient (Wildman–Crippen LogP) is 6.35. The first kappa shape index (κ1) is 31.6. The summed E-state index contributed by atoms with van der Waals surface area (Å²) in [4.78, 5) is 33.2. The summed E-state index contributed by atoms with van der Waals surface area (Å²) in [5.41, 5.74) is -0.584. The number of imidazole rings is 1. The van der Waals surface area contributed by atoms with E-state index in [9.17, 15) is 44.7 Å². The van der Waals surface area contributed by atoms with Crippen LogP contribution in [0, 0.1) is 11.8 Å². The molecule has 0 aliphatic heterocycles. The number of halogens is 8. The summed E-state index contributed by atoms with van der Waals surface area (Å²) in [6.07, 6.45) is -6.82. The molecule has 0 radical (unpaired) electrons. The van der Waals surface area contributed by atoms with E-state index in [2.05, 4.69) is 25.7 Å². The number of carbonyl (C=O) groups excluding carboxylic acids is 2. The van der Waals surface area contributed by atoms with E-state index in [4.69, 9.17) is 0 Å². The Morgan fingerprint density at radius 2 is 1.66 bits per heavy atom. The minimum Gasteiger partial charge on any atom is -0.349 e. The van der Waals surface area contributed by atoms with Crippen LogP contribution in [0.1, 0.15) is 90.8 Å². The van der Waals surface area contributed by atoms with Gasteiger partial charge in [0.2, 0.25) is 11.8 Å². The molecule has 2 saturated carbocycles. The molecule has 238 valence electrons. The number of fused-ring (bicyclic) bond motifs is 1. The van der Waals surface area contributed by atoms with Crippen LogP contribution in [-0.2, 0) is 11.0 Å². The van der Waals surface area contributed by atoms with Crippen molar-refractivity contribution >= 4 is 17.5 Å². The summed E-state index contributed by atoms with van der Waals surface area (Å²) < 4.78 is 107. The van der Waals surface area contributed by atoms with Crippen molar-refractivity contribution in [2.75, 3.05) is 0 Å². The van der Waals surface area contributed by atoms with E-state index >= 15 is 0 Å². The molecule has 44 heavy (non-hydrogen) atoms. The standard InChI is InChI=1S/C28H28F8N6O2/c29-26(30)7-3-16(4-8-26)24(41-25(44)17-6-10-37-20(11-17)28(34,35)36)19-14-42-21(39-19)12-18(13-38-42)23(15-1-2-15)40-22(43)5-9-27(31,32)33/h6,10-16,23-24H,1-5,7-9H2,(H,40,43)(H,41,44)/t23-,24+/m1/s1. The lowest BCUT2D eigenvalue weighted by atomic mass is 9.81. The minimum absolute atomic E-state index is 0.00131. The highest BCUT2D eigenvalue weighted by atomic mass is 19.4. The number of hydrogen-bond donors (Lipinski definition) is 2. The Hall–Kier alpha value is -3.85. The molecule has 0 unspecified atom stereocenters. The molecule has 2 aliphatic rings. The smallest absolute Gasteiger partial charge is 0.349 e. The molecule has 0 saturated heterocycles. The fraction of sp³-hybridized carbons (Fsp3) is 0.536. The third kappa shape index (κ3) is 7.80. The Labute approximate surface area is 245 Å². The maximum Gasteiger partial charge on any atom is 0.433 e. The molecule has 3 heterocycles. The quantitative estimate of drug-likeness (QED) is 0.268. The largest absolute Gasteiger partial charge is 0.433 e. The second-order valence-corrected chi connectivity index (χ2v) is 11.3. The van der Waals surface area contributed by atoms with Crippen LogP contribution in [0.15, 0.2) is 36.8 Å². The van der Waals surface area contributed by atoms with Gasteiger partial charge in [-0.1, -0.05) is 0 Å². The molecule has 2 atom stereocenters. The fourth-order valence-electron chi connectivity index (χ4n) is 5.41. The lowest BCUT2D eigenvalue weighted by molar-refractivity contribution is -0.144. The molecule has 3 aromatic heterocycles. The molecule has 2 fully saturated rings. The van der Waals surface area contributed by atoms with Crippen LogP contribution in [0.25, 0.3) is 5.65 Å². The average molecular weight is 633 g/mol. The summed E-state index contributed by atoms with van der Waals surface area (Å²) in [6, 6.07) is 1.75. The lowest BCUT2D eigenvalue weighted by Crippen LogP contribution is -2.37. The van der Waals surface area contributed by atoms with Gasteiger partial charge < -0.3 is 10.6 Å². The maximum atomic E-state index is 14.0. The van der Waals surface area contributed by atoms with Crippen LogP contribution >= 0.6 is 0 Å². The van der Waals surface area contributed by atoms with E-state index in [0.717, 1.165) is 25.1 Å². The molecule has 0 spiro atoms. The van der Waals surface area contributed by atoms with Crippen molar-refractivity contribution in [3.63, 3.8) is 0 Å². The summed E-state index contributed by atoms with van der Waals surface area (Å²) in [5.74, 6) is -5.03. The van der Waals surface area contributed by atoms with Gasteiger partial charge in [-0.05, 0) is 61.3 Å². The molecule has 3 aromatic rings. The zero-order valence-corrected chi connectivity index (χ0v) is 23.1. The molecule has 2 N–H and O–H groups in total. The lowest BCUT2D eigenvalue weighted by Gasteiger charge is -2.33. The van der Waals surface area contributed by atoms with Crippen LogP contribution < -0.4 is 10.6 Å². The first-order valence-corrected chi connectivity index (χ1v) is 14.0. The third-order valence-corrected chi connectivity index (χ3v) is 7.92. The van der Waals surface area contributed by atoms with Gasteiger partial charge in [-0.15, -0.1) is 0 Å². The van der Waals surface area contributed by atoms with Gasteiger partial charge in [0, 0.05) is 31.0 Å². The maximum absolute atomic E-state index is 14.0. The molecule has 5 rings (SSSR count). The SMILES string of the molecule is O=C(CCC(F)(F)F)N[C@@H](c1cnn2cc([C@@H](NC(=O)c3ccnc(C(F)(F)F)c3)C3CCC(F)(F)CC3)nc2c1)C1CC1. The summed E-state index contributed by atoms with van der Waals surface area (Å²) in [7, 11) is 0. The first-order valence-electron chi connectivity index (χ1n) is 14.0. The van der Waals surface area contributed by atoms with E-state index in [0.29, 0.717) is 11.6 Å². The van der Waals surface area contributed by atoms with Crippen LogP contribution in [0.3, 0.4) is 0 Å². The van der Waals surface area contributed by atoms with Gasteiger partial charge in [-0.25, -0.2) is 18.3 Å². The number of aromatic nitrogens is 4. The molecule has 0 bridgehead atoms. The Balaban J connectivity index is 1.41. The summed E-state index contributed by atoms with van der Waals surface area (Å²) >= 11 is 0. The number of hydrogen-bond acceptors (Lipinski definition) is 5. The highest BCUT2D eigenvalue weighted by molar-refractivity contribution is 5.94. The number of alkyl halides is 8. The van der Waals surface area contributed by atoms with Gasteiger partial charge in [-0.2, -0.15) is 31.4 Å². The highest BCUT2D eigenvalue weighted by Crippen LogP contribution is 2.43. The average Bonchev–Trinajstić information content (AvgIpc) is 3.70. The number of nitrogens with one attached hydrogen (secondary N) is 2. The predicted molar refractivity (Wildman–Crippen MR) is 138 cm³/mol. The Morgan fingerprint density at radius 3 is 2.30 bits per heavy atom. The van der Waals surface area contributed by atoms with Crippen LogP contribution in [0.2, 0.25) is 0 Å². The zero-order chi connectivity index (χ0) is 31.9. The van der Waals surface area contributed by atoms with Crippen LogP contribution in [-0.4, -0.2) is 43.5 Å². The van der Waals surface area contributed by atoms with E-state index in [1.165, 1.54) is 16.9 Å². The van der Waals surface area contributed by atoms with Crippen molar-refractivity contribution in [3.8, 4) is 0 Å². The van der Waals surface area contributed by atoms with Crippen LogP contribution in [0.5, 0.6) is 0 Å². The van der Waals surface area contributed by atoms with Crippen molar-refractivity contribution < 1.29 is 44.7 Å². The molecule has 2 amide bonds. The zero-order valence-electron chi connectivity index (χ0n) is 23.1. The van der Waals surface area contributed by atoms with E-state index < -0.39 is 79.5 Å². The monoisotopic (exact) mass is 632 g/mol. The summed E-state index contributed by atoms with van der Waals surface area (Å²) in [5, 5.41) is 9.63. The normalized spacial score (nSPS) is 19.0. The van der Waals surface area contributed by atoms with E-state index in [1.54, 1.807) is 6.07 Å². The minimum atomic E-state index is -4.79. The van der Waals surface area contributed by atoms with E-state index in [-0.39, 0.29) is 35.7 Å². The molecular formula is C28H28F8N6O2. The van der Waals surface area contributed by atoms with Gasteiger partial charge in [0.25, 0.3) is 5.91 Å². The number of nitrogens with zero attached hydrogens (tertiary/aromatic N) is 4. The topological polar surface area (TPSA) is 101 Å². The van der Waals surface area contributed by atoms with Crippen molar-refractivity contribution in [2.45, 2.75) is 81.7 Å². The van der Waals surface area contributed by atoms with E-state index in [1.807, 2.05) is 0 Å². The second-order valence-electron chi connectivity index (χ2n) is 11.3. The van der Waals surface area contributed by atoms with Crippen molar-refractivity contribution in [1.82, 2.24) is 30.2 Å². The van der Waals surface area contributed by atoms with Crippen molar-refractivity contribution in [2.24, 2.45) is 11.8 Å². The molecule has 8 nitrogen and oxygen atoms in total. The van der Waals surface area contributed by atoms with Gasteiger partial charge in [0.1, 0.15) is 5.69 Å². The molecular weight excluding hydrogens is 604 g/mol. The number of pyridine rings is 1. The molecule has 2 aliphatic carbocycles. The van der Waals surface area contributed by atoms with Crippen LogP contribution in [0.4, 0.5) is 35.1 Å².